The summed E-state index contributed by atoms with van der Waals surface area (Å²) in [6.45, 7) is 3.54. The van der Waals surface area contributed by atoms with E-state index in [0.717, 1.165) is 36.2 Å². The lowest BCUT2D eigenvalue weighted by molar-refractivity contribution is -0.137. The molecule has 3 atom stereocenters. The lowest BCUT2D eigenvalue weighted by Crippen LogP contribution is -2.41. The molecular formula is C23H28N2O5. The first-order valence-corrected chi connectivity index (χ1v) is 10.3. The summed E-state index contributed by atoms with van der Waals surface area (Å²) in [4.78, 5) is 31.6. The number of carbonyl (C=O) groups is 1. The Labute approximate surface area is 175 Å². The maximum Gasteiger partial charge on any atom is 0.337 e. The van der Waals surface area contributed by atoms with Crippen molar-refractivity contribution in [1.82, 2.24) is 9.88 Å². The fourth-order valence-corrected chi connectivity index (χ4v) is 5.12. The Morgan fingerprint density at radius 1 is 1.30 bits per heavy atom. The van der Waals surface area contributed by atoms with Gasteiger partial charge in [-0.05, 0) is 30.4 Å². The molecule has 2 aliphatic heterocycles. The van der Waals surface area contributed by atoms with E-state index in [2.05, 4.69) is 16.8 Å². The Balaban J connectivity index is 1.79. The summed E-state index contributed by atoms with van der Waals surface area (Å²) in [6, 6.07) is 5.64. The number of ether oxygens (including phenoxy) is 3. The van der Waals surface area contributed by atoms with E-state index in [1.807, 2.05) is 18.2 Å². The molecule has 0 radical (unpaired) electrons. The van der Waals surface area contributed by atoms with E-state index in [1.54, 1.807) is 14.2 Å². The first kappa shape index (κ1) is 20.5. The standard InChI is InChI=1S/C23H28N2O5/c1-5-13-10-25-11-15-21(18(25)9-14(13)16(12-28-2)23(27)30-4)24-17-7-6-8-19(29-3)20(17)22(15)26/h6-8,12-14,18H,5,9-11H2,1-4H3,(H,24,26)/b16-12+/t13-,14+,18+/m1/s1. The van der Waals surface area contributed by atoms with Crippen LogP contribution in [-0.2, 0) is 20.8 Å². The second-order valence-electron chi connectivity index (χ2n) is 7.99. The Kier molecular flexibility index (Phi) is 5.56. The number of rotatable bonds is 5. The average molecular weight is 412 g/mol. The maximum absolute atomic E-state index is 13.3. The second kappa shape index (κ2) is 8.14. The third-order valence-electron chi connectivity index (χ3n) is 6.58. The Morgan fingerprint density at radius 2 is 2.10 bits per heavy atom. The summed E-state index contributed by atoms with van der Waals surface area (Å²) >= 11 is 0. The van der Waals surface area contributed by atoms with Gasteiger partial charge >= 0.3 is 5.97 Å². The van der Waals surface area contributed by atoms with Gasteiger partial charge in [-0.2, -0.15) is 0 Å². The van der Waals surface area contributed by atoms with Gasteiger partial charge in [0, 0.05) is 24.3 Å². The van der Waals surface area contributed by atoms with Crippen molar-refractivity contribution in [2.75, 3.05) is 27.9 Å². The third kappa shape index (κ3) is 3.17. The summed E-state index contributed by atoms with van der Waals surface area (Å²) in [5.74, 6) is 0.500. The molecule has 30 heavy (non-hydrogen) atoms. The number of H-pyrrole nitrogens is 1. The molecule has 1 N–H and O–H groups in total. The zero-order valence-electron chi connectivity index (χ0n) is 17.9. The summed E-state index contributed by atoms with van der Waals surface area (Å²) in [6.07, 6.45) is 3.16. The van der Waals surface area contributed by atoms with Gasteiger partial charge in [-0.1, -0.05) is 19.4 Å². The highest BCUT2D eigenvalue weighted by molar-refractivity contribution is 5.89. The zero-order valence-corrected chi connectivity index (χ0v) is 17.9. The Hall–Kier alpha value is -2.80. The van der Waals surface area contributed by atoms with Crippen molar-refractivity contribution in [3.8, 4) is 5.75 Å². The molecule has 1 saturated heterocycles. The van der Waals surface area contributed by atoms with Crippen molar-refractivity contribution < 1.29 is 19.0 Å². The maximum atomic E-state index is 13.3. The number of aromatic nitrogens is 1. The van der Waals surface area contributed by atoms with Gasteiger partial charge in [-0.15, -0.1) is 0 Å². The number of nitrogens with zero attached hydrogens (tertiary/aromatic N) is 1. The number of fused-ring (bicyclic) bond motifs is 4. The zero-order chi connectivity index (χ0) is 21.4. The number of methoxy groups -OCH3 is 3. The van der Waals surface area contributed by atoms with Gasteiger partial charge < -0.3 is 19.2 Å². The highest BCUT2D eigenvalue weighted by atomic mass is 16.5. The number of carbonyl (C=O) groups excluding carboxylic acids is 1. The second-order valence-corrected chi connectivity index (χ2v) is 7.99. The van der Waals surface area contributed by atoms with E-state index in [1.165, 1.54) is 13.4 Å². The molecule has 0 aliphatic carbocycles. The van der Waals surface area contributed by atoms with Gasteiger partial charge in [0.2, 0.25) is 0 Å². The predicted molar refractivity (Wildman–Crippen MR) is 113 cm³/mol. The number of esters is 1. The van der Waals surface area contributed by atoms with E-state index in [0.29, 0.717) is 23.3 Å². The molecule has 160 valence electrons. The number of aromatic amines is 1. The van der Waals surface area contributed by atoms with Crippen molar-refractivity contribution >= 4 is 16.9 Å². The van der Waals surface area contributed by atoms with Crippen LogP contribution in [0, 0.1) is 11.8 Å². The van der Waals surface area contributed by atoms with Crippen LogP contribution in [0.5, 0.6) is 5.75 Å². The molecule has 0 amide bonds. The Morgan fingerprint density at radius 3 is 2.77 bits per heavy atom. The van der Waals surface area contributed by atoms with Gasteiger partial charge in [0.05, 0.1) is 50.1 Å². The van der Waals surface area contributed by atoms with Crippen molar-refractivity contribution in [2.45, 2.75) is 32.4 Å². The molecule has 1 fully saturated rings. The number of hydrogen-bond acceptors (Lipinski definition) is 6. The number of hydrogen-bond donors (Lipinski definition) is 1. The monoisotopic (exact) mass is 412 g/mol. The van der Waals surface area contributed by atoms with Crippen LogP contribution in [0.15, 0.2) is 34.8 Å². The number of piperidine rings is 1. The van der Waals surface area contributed by atoms with Crippen LogP contribution < -0.4 is 10.2 Å². The van der Waals surface area contributed by atoms with Crippen molar-refractivity contribution in [3.63, 3.8) is 0 Å². The fourth-order valence-electron chi connectivity index (χ4n) is 5.12. The smallest absolute Gasteiger partial charge is 0.337 e. The van der Waals surface area contributed by atoms with Crippen LogP contribution >= 0.6 is 0 Å². The topological polar surface area (TPSA) is 80.9 Å². The van der Waals surface area contributed by atoms with Crippen LogP contribution in [0.2, 0.25) is 0 Å². The van der Waals surface area contributed by atoms with E-state index in [4.69, 9.17) is 14.2 Å². The van der Waals surface area contributed by atoms with Crippen LogP contribution in [0.4, 0.5) is 0 Å². The van der Waals surface area contributed by atoms with Gasteiger partial charge in [0.1, 0.15) is 5.75 Å². The van der Waals surface area contributed by atoms with Gasteiger partial charge in [-0.3, -0.25) is 9.69 Å². The lowest BCUT2D eigenvalue weighted by Gasteiger charge is -2.41. The van der Waals surface area contributed by atoms with Gasteiger partial charge in [0.25, 0.3) is 0 Å². The Bertz CT molecular complexity index is 1060. The minimum Gasteiger partial charge on any atom is -0.504 e. The quantitative estimate of drug-likeness (QED) is 0.462. The highest BCUT2D eigenvalue weighted by Gasteiger charge is 2.44. The molecule has 3 heterocycles. The molecule has 7 heteroatoms. The molecule has 0 bridgehead atoms. The molecule has 7 nitrogen and oxygen atoms in total. The van der Waals surface area contributed by atoms with Gasteiger partial charge in [-0.25, -0.2) is 4.79 Å². The molecule has 0 spiro atoms. The van der Waals surface area contributed by atoms with Crippen molar-refractivity contribution in [2.24, 2.45) is 11.8 Å². The molecule has 0 unspecified atom stereocenters. The molecule has 0 saturated carbocycles. The van der Waals surface area contributed by atoms with E-state index >= 15 is 0 Å². The minimum atomic E-state index is -0.358. The summed E-state index contributed by atoms with van der Waals surface area (Å²) in [7, 11) is 4.52. The summed E-state index contributed by atoms with van der Waals surface area (Å²) in [5.41, 5.74) is 3.10. The molecule has 1 aromatic heterocycles. The number of benzene rings is 1. The molecule has 2 aliphatic rings. The largest absolute Gasteiger partial charge is 0.504 e. The van der Waals surface area contributed by atoms with Crippen LogP contribution in [-0.4, -0.2) is 43.7 Å². The molecule has 4 rings (SSSR count). The predicted octanol–water partition coefficient (Wildman–Crippen LogP) is 3.14. The number of nitrogens with one attached hydrogen (secondary N) is 1. The van der Waals surface area contributed by atoms with E-state index in [-0.39, 0.29) is 29.3 Å². The summed E-state index contributed by atoms with van der Waals surface area (Å²) < 4.78 is 15.7. The first-order chi connectivity index (χ1) is 14.5. The molecular weight excluding hydrogens is 384 g/mol. The molecule has 1 aromatic carbocycles. The normalized spacial score (nSPS) is 23.7. The SMILES string of the molecule is CC[C@@H]1CN2Cc3c([nH]c4cccc(OC)c4c3=O)[C@@H]2C[C@@H]1/C(=C\OC)C(=O)OC. The van der Waals surface area contributed by atoms with Crippen LogP contribution in [0.25, 0.3) is 10.9 Å². The molecule has 2 aromatic rings. The third-order valence-corrected chi connectivity index (χ3v) is 6.58. The highest BCUT2D eigenvalue weighted by Crippen LogP contribution is 2.46. The fraction of sp³-hybridized carbons (Fsp3) is 0.478. The van der Waals surface area contributed by atoms with Crippen molar-refractivity contribution in [3.05, 3.63) is 51.5 Å². The average Bonchev–Trinajstić information content (AvgIpc) is 3.13. The van der Waals surface area contributed by atoms with Crippen LogP contribution in [0.1, 0.15) is 37.1 Å². The van der Waals surface area contributed by atoms with Gasteiger partial charge in [0.15, 0.2) is 5.43 Å². The van der Waals surface area contributed by atoms with E-state index < -0.39 is 0 Å². The lowest BCUT2D eigenvalue weighted by atomic mass is 9.76. The first-order valence-electron chi connectivity index (χ1n) is 10.3. The van der Waals surface area contributed by atoms with Crippen LogP contribution in [0.3, 0.4) is 0 Å². The number of pyridine rings is 1. The van der Waals surface area contributed by atoms with Crippen molar-refractivity contribution in [1.29, 1.82) is 0 Å². The van der Waals surface area contributed by atoms with E-state index in [9.17, 15) is 9.59 Å². The summed E-state index contributed by atoms with van der Waals surface area (Å²) in [5, 5.41) is 0.594. The minimum absolute atomic E-state index is 0.000826.